The zero-order valence-corrected chi connectivity index (χ0v) is 14.0. The first kappa shape index (κ1) is 15.8. The van der Waals surface area contributed by atoms with Gasteiger partial charge >= 0.3 is 0 Å². The van der Waals surface area contributed by atoms with Crippen molar-refractivity contribution in [3.63, 3.8) is 0 Å². The normalized spacial score (nSPS) is 17.6. The molecule has 0 fully saturated rings. The van der Waals surface area contributed by atoms with Crippen LogP contribution in [0, 0.1) is 6.92 Å². The van der Waals surface area contributed by atoms with E-state index >= 15 is 0 Å². The summed E-state index contributed by atoms with van der Waals surface area (Å²) in [7, 11) is 0. The highest BCUT2D eigenvalue weighted by molar-refractivity contribution is 7.99. The van der Waals surface area contributed by atoms with E-state index in [4.69, 9.17) is 0 Å². The standard InChI is InChI=1S/C17H19N3O2S/c1-11-9-18-17-20(16(11)22)14(10-23-17)8-15(21)19-12(2)13-6-4-3-5-7-13/h3-7,9,12,14H,8,10H2,1-2H3,(H,19,21)/t12-,14+/m1/s1. The van der Waals surface area contributed by atoms with E-state index < -0.39 is 0 Å². The molecule has 1 aliphatic heterocycles. The molecule has 5 nitrogen and oxygen atoms in total. The van der Waals surface area contributed by atoms with E-state index in [1.807, 2.05) is 37.3 Å². The van der Waals surface area contributed by atoms with Crippen LogP contribution in [0.4, 0.5) is 0 Å². The molecule has 0 bridgehead atoms. The largest absolute Gasteiger partial charge is 0.350 e. The highest BCUT2D eigenvalue weighted by Gasteiger charge is 2.28. The van der Waals surface area contributed by atoms with E-state index in [0.717, 1.165) is 5.56 Å². The Morgan fingerprint density at radius 2 is 2.17 bits per heavy atom. The number of amides is 1. The van der Waals surface area contributed by atoms with Crippen molar-refractivity contribution in [3.05, 3.63) is 58.0 Å². The molecule has 2 aromatic rings. The van der Waals surface area contributed by atoms with Crippen molar-refractivity contribution < 1.29 is 4.79 Å². The molecule has 0 aliphatic carbocycles. The molecule has 1 aromatic carbocycles. The molecule has 1 N–H and O–H groups in total. The number of rotatable bonds is 4. The van der Waals surface area contributed by atoms with Crippen molar-refractivity contribution in [2.45, 2.75) is 37.5 Å². The highest BCUT2D eigenvalue weighted by atomic mass is 32.2. The number of nitrogens with one attached hydrogen (secondary N) is 1. The van der Waals surface area contributed by atoms with Gasteiger partial charge in [-0.1, -0.05) is 42.1 Å². The minimum Gasteiger partial charge on any atom is -0.350 e. The van der Waals surface area contributed by atoms with E-state index in [9.17, 15) is 9.59 Å². The molecule has 2 atom stereocenters. The lowest BCUT2D eigenvalue weighted by Crippen LogP contribution is -2.32. The summed E-state index contributed by atoms with van der Waals surface area (Å²) in [5.74, 6) is 0.659. The fourth-order valence-electron chi connectivity index (χ4n) is 2.71. The Kier molecular flexibility index (Phi) is 4.52. The highest BCUT2D eigenvalue weighted by Crippen LogP contribution is 2.31. The molecule has 1 aromatic heterocycles. The third kappa shape index (κ3) is 3.32. The zero-order chi connectivity index (χ0) is 16.4. The van der Waals surface area contributed by atoms with Crippen molar-refractivity contribution in [1.82, 2.24) is 14.9 Å². The van der Waals surface area contributed by atoms with E-state index in [-0.39, 0.29) is 23.6 Å². The minimum absolute atomic E-state index is 0.0473. The maximum atomic E-state index is 12.3. The van der Waals surface area contributed by atoms with Crippen LogP contribution in [0.5, 0.6) is 0 Å². The van der Waals surface area contributed by atoms with Gasteiger partial charge < -0.3 is 5.32 Å². The van der Waals surface area contributed by atoms with Gasteiger partial charge in [0.2, 0.25) is 5.91 Å². The van der Waals surface area contributed by atoms with Gasteiger partial charge in [0.25, 0.3) is 5.56 Å². The maximum absolute atomic E-state index is 12.3. The molecule has 0 saturated heterocycles. The van der Waals surface area contributed by atoms with Gasteiger partial charge in [0.1, 0.15) is 0 Å². The minimum atomic E-state index is -0.127. The van der Waals surface area contributed by atoms with Crippen LogP contribution >= 0.6 is 11.8 Å². The van der Waals surface area contributed by atoms with E-state index in [0.29, 0.717) is 22.9 Å². The van der Waals surface area contributed by atoms with Gasteiger partial charge in [-0.25, -0.2) is 4.98 Å². The van der Waals surface area contributed by atoms with Gasteiger partial charge in [-0.2, -0.15) is 0 Å². The molecule has 23 heavy (non-hydrogen) atoms. The number of fused-ring (bicyclic) bond motifs is 1. The summed E-state index contributed by atoms with van der Waals surface area (Å²) >= 11 is 1.53. The lowest BCUT2D eigenvalue weighted by atomic mass is 10.1. The van der Waals surface area contributed by atoms with Crippen LogP contribution in [0.1, 0.15) is 36.6 Å². The smallest absolute Gasteiger partial charge is 0.257 e. The number of nitrogens with zero attached hydrogens (tertiary/aromatic N) is 2. The van der Waals surface area contributed by atoms with Crippen molar-refractivity contribution in [2.24, 2.45) is 0 Å². The van der Waals surface area contributed by atoms with E-state index in [2.05, 4.69) is 10.3 Å². The van der Waals surface area contributed by atoms with Crippen molar-refractivity contribution in [1.29, 1.82) is 0 Å². The second-order valence-corrected chi connectivity index (χ2v) is 6.75. The average Bonchev–Trinajstić information content (AvgIpc) is 2.95. The van der Waals surface area contributed by atoms with Gasteiger partial charge in [0.15, 0.2) is 5.16 Å². The third-order valence-electron chi connectivity index (χ3n) is 4.00. The van der Waals surface area contributed by atoms with Crippen LogP contribution in [-0.4, -0.2) is 21.2 Å². The molecule has 0 unspecified atom stereocenters. The predicted molar refractivity (Wildman–Crippen MR) is 90.6 cm³/mol. The summed E-state index contributed by atoms with van der Waals surface area (Å²) in [5, 5.41) is 3.71. The topological polar surface area (TPSA) is 64.0 Å². The lowest BCUT2D eigenvalue weighted by molar-refractivity contribution is -0.122. The SMILES string of the molecule is Cc1cnc2n(c1=O)[C@@H](CC(=O)N[C@H](C)c1ccccc1)CS2. The Labute approximate surface area is 139 Å². The molecule has 3 rings (SSSR count). The fraction of sp³-hybridized carbons (Fsp3) is 0.353. The first-order valence-corrected chi connectivity index (χ1v) is 8.60. The molecular formula is C17H19N3O2S. The monoisotopic (exact) mass is 329 g/mol. The molecule has 0 spiro atoms. The molecule has 0 saturated carbocycles. The van der Waals surface area contributed by atoms with Crippen LogP contribution in [0.2, 0.25) is 0 Å². The quantitative estimate of drug-likeness (QED) is 0.875. The summed E-state index contributed by atoms with van der Waals surface area (Å²) in [4.78, 5) is 28.9. The second-order valence-electron chi connectivity index (χ2n) is 5.77. The van der Waals surface area contributed by atoms with Gasteiger partial charge in [0.05, 0.1) is 12.1 Å². The first-order valence-electron chi connectivity index (χ1n) is 7.61. The average molecular weight is 329 g/mol. The lowest BCUT2D eigenvalue weighted by Gasteiger charge is -2.17. The molecule has 1 amide bonds. The third-order valence-corrected chi connectivity index (χ3v) is 5.11. The number of hydrogen-bond donors (Lipinski definition) is 1. The van der Waals surface area contributed by atoms with Gasteiger partial charge in [-0.3, -0.25) is 14.2 Å². The Morgan fingerprint density at radius 3 is 2.91 bits per heavy atom. The summed E-state index contributed by atoms with van der Waals surface area (Å²) in [5.41, 5.74) is 1.63. The first-order chi connectivity index (χ1) is 11.1. The van der Waals surface area contributed by atoms with Crippen LogP contribution < -0.4 is 10.9 Å². The van der Waals surface area contributed by atoms with Gasteiger partial charge in [-0.15, -0.1) is 0 Å². The summed E-state index contributed by atoms with van der Waals surface area (Å²) in [6.07, 6.45) is 1.89. The molecule has 6 heteroatoms. The molecule has 0 radical (unpaired) electrons. The van der Waals surface area contributed by atoms with Crippen molar-refractivity contribution >= 4 is 17.7 Å². The number of aromatic nitrogens is 2. The molecule has 120 valence electrons. The number of benzene rings is 1. The van der Waals surface area contributed by atoms with Crippen molar-refractivity contribution in [3.8, 4) is 0 Å². The molecule has 2 heterocycles. The zero-order valence-electron chi connectivity index (χ0n) is 13.2. The maximum Gasteiger partial charge on any atom is 0.257 e. The van der Waals surface area contributed by atoms with E-state index in [1.54, 1.807) is 17.7 Å². The van der Waals surface area contributed by atoms with Crippen LogP contribution in [-0.2, 0) is 4.79 Å². The Bertz CT molecular complexity index is 773. The summed E-state index contributed by atoms with van der Waals surface area (Å²) in [6, 6.07) is 9.66. The van der Waals surface area contributed by atoms with E-state index in [1.165, 1.54) is 11.8 Å². The summed E-state index contributed by atoms with van der Waals surface area (Å²) in [6.45, 7) is 3.71. The van der Waals surface area contributed by atoms with Crippen LogP contribution in [0.3, 0.4) is 0 Å². The van der Waals surface area contributed by atoms with Crippen molar-refractivity contribution in [2.75, 3.05) is 5.75 Å². The van der Waals surface area contributed by atoms with Crippen LogP contribution in [0.25, 0.3) is 0 Å². The summed E-state index contributed by atoms with van der Waals surface area (Å²) < 4.78 is 1.66. The fourth-order valence-corrected chi connectivity index (χ4v) is 3.82. The Hall–Kier alpha value is -2.08. The molecule has 1 aliphatic rings. The number of thioether (sulfide) groups is 1. The predicted octanol–water partition coefficient (Wildman–Crippen LogP) is 2.47. The Morgan fingerprint density at radius 1 is 1.43 bits per heavy atom. The number of aryl methyl sites for hydroxylation is 1. The number of carbonyl (C=O) groups excluding carboxylic acids is 1. The van der Waals surface area contributed by atoms with Crippen LogP contribution in [0.15, 0.2) is 46.5 Å². The number of carbonyl (C=O) groups is 1. The second kappa shape index (κ2) is 6.58. The number of hydrogen-bond acceptors (Lipinski definition) is 4. The van der Waals surface area contributed by atoms with Gasteiger partial charge in [-0.05, 0) is 19.4 Å². The van der Waals surface area contributed by atoms with Gasteiger partial charge in [0, 0.05) is 23.9 Å². The molecular weight excluding hydrogens is 310 g/mol. The Balaban J connectivity index is 1.69.